The van der Waals surface area contributed by atoms with Crippen LogP contribution in [0.25, 0.3) is 0 Å². The van der Waals surface area contributed by atoms with Crippen molar-refractivity contribution in [3.8, 4) is 0 Å². The van der Waals surface area contributed by atoms with E-state index in [0.717, 1.165) is 16.4 Å². The quantitative estimate of drug-likeness (QED) is 0.828. The van der Waals surface area contributed by atoms with E-state index in [1.54, 1.807) is 13.1 Å². The minimum absolute atomic E-state index is 0.140. The van der Waals surface area contributed by atoms with E-state index in [1.165, 1.54) is 10.7 Å². The maximum absolute atomic E-state index is 11.7. The van der Waals surface area contributed by atoms with E-state index in [-0.39, 0.29) is 11.5 Å². The average Bonchev–Trinajstić information content (AvgIpc) is 3.00. The van der Waals surface area contributed by atoms with Crippen LogP contribution >= 0.6 is 22.6 Å². The molecule has 1 amide bonds. The Kier molecular flexibility index (Phi) is 3.27. The molecular weight excluding hydrogens is 321 g/mol. The van der Waals surface area contributed by atoms with Crippen LogP contribution in [0.4, 0.5) is 0 Å². The van der Waals surface area contributed by atoms with Crippen molar-refractivity contribution in [1.29, 1.82) is 0 Å². The third-order valence-electron chi connectivity index (χ3n) is 2.46. The Hall–Kier alpha value is -0.920. The topological polar surface area (TPSA) is 64.0 Å². The van der Waals surface area contributed by atoms with Crippen molar-refractivity contribution < 1.29 is 4.79 Å². The molecule has 0 aromatic carbocycles. The number of hydrogen-bond donors (Lipinski definition) is 1. The molecule has 0 aliphatic heterocycles. The van der Waals surface area contributed by atoms with E-state index in [4.69, 9.17) is 0 Å². The maximum Gasteiger partial charge on any atom is 0.268 e. The number of nitrogens with one attached hydrogen (secondary N) is 1. The van der Waals surface area contributed by atoms with Crippen molar-refractivity contribution >= 4 is 28.5 Å². The summed E-state index contributed by atoms with van der Waals surface area (Å²) in [5, 5.41) is 6.82. The second kappa shape index (κ2) is 4.52. The lowest BCUT2D eigenvalue weighted by atomic mass is 10.3. The van der Waals surface area contributed by atoms with Crippen LogP contribution in [0.3, 0.4) is 0 Å². The molecule has 0 bridgehead atoms. The summed E-state index contributed by atoms with van der Waals surface area (Å²) >= 11 is 2.02. The molecule has 0 saturated heterocycles. The summed E-state index contributed by atoms with van der Waals surface area (Å²) in [6.07, 6.45) is 3.64. The summed E-state index contributed by atoms with van der Waals surface area (Å²) in [4.78, 5) is 23.3. The van der Waals surface area contributed by atoms with Crippen molar-refractivity contribution in [3.63, 3.8) is 0 Å². The molecule has 1 aliphatic carbocycles. The Morgan fingerprint density at radius 3 is 2.94 bits per heavy atom. The molecule has 1 heterocycles. The monoisotopic (exact) mass is 333 g/mol. The van der Waals surface area contributed by atoms with Gasteiger partial charge in [0.25, 0.3) is 5.56 Å². The summed E-state index contributed by atoms with van der Waals surface area (Å²) in [6.45, 7) is 1.68. The number of carbonyl (C=O) groups is 1. The minimum Gasteiger partial charge on any atom is -0.352 e. The fourth-order valence-corrected chi connectivity index (χ4v) is 1.74. The lowest BCUT2D eigenvalue weighted by Gasteiger charge is -2.13. The number of hydrogen-bond acceptors (Lipinski definition) is 3. The van der Waals surface area contributed by atoms with Gasteiger partial charge in [-0.25, -0.2) is 4.68 Å². The van der Waals surface area contributed by atoms with Crippen LogP contribution in [0.1, 0.15) is 25.8 Å². The summed E-state index contributed by atoms with van der Waals surface area (Å²) in [7, 11) is 0. The molecule has 2 rings (SSSR count). The molecule has 1 aromatic rings. The van der Waals surface area contributed by atoms with Crippen LogP contribution in [0.2, 0.25) is 0 Å². The van der Waals surface area contributed by atoms with Crippen LogP contribution < -0.4 is 10.9 Å². The first kappa shape index (κ1) is 11.6. The average molecular weight is 333 g/mol. The molecule has 1 atom stereocenters. The molecule has 1 saturated carbocycles. The van der Waals surface area contributed by atoms with Crippen LogP contribution in [0.15, 0.2) is 17.1 Å². The summed E-state index contributed by atoms with van der Waals surface area (Å²) < 4.78 is 1.98. The smallest absolute Gasteiger partial charge is 0.268 e. The molecule has 1 unspecified atom stereocenters. The molecule has 0 spiro atoms. The Morgan fingerprint density at radius 1 is 1.69 bits per heavy atom. The van der Waals surface area contributed by atoms with Crippen molar-refractivity contribution in [2.45, 2.75) is 31.8 Å². The van der Waals surface area contributed by atoms with E-state index >= 15 is 0 Å². The van der Waals surface area contributed by atoms with Gasteiger partial charge in [0.15, 0.2) is 0 Å². The van der Waals surface area contributed by atoms with Gasteiger partial charge in [-0.3, -0.25) is 9.59 Å². The molecule has 86 valence electrons. The van der Waals surface area contributed by atoms with Gasteiger partial charge in [-0.1, -0.05) is 0 Å². The predicted molar refractivity (Wildman–Crippen MR) is 67.1 cm³/mol. The molecule has 1 fully saturated rings. The fraction of sp³-hybridized carbons (Fsp3) is 0.500. The third-order valence-corrected chi connectivity index (χ3v) is 3.05. The lowest BCUT2D eigenvalue weighted by Crippen LogP contribution is -2.37. The highest BCUT2D eigenvalue weighted by Crippen LogP contribution is 2.19. The standard InChI is InChI=1S/C10H12IN3O2/c1-6(10(16)13-8-2-3-8)14-9(15)4-7(11)5-12-14/h4-6,8H,2-3H2,1H3,(H,13,16). The van der Waals surface area contributed by atoms with Gasteiger partial charge < -0.3 is 5.32 Å². The lowest BCUT2D eigenvalue weighted by molar-refractivity contribution is -0.124. The molecule has 1 aliphatic rings. The molecule has 0 radical (unpaired) electrons. The zero-order valence-corrected chi connectivity index (χ0v) is 11.0. The van der Waals surface area contributed by atoms with Crippen LogP contribution in [-0.4, -0.2) is 21.7 Å². The first-order valence-electron chi connectivity index (χ1n) is 5.12. The van der Waals surface area contributed by atoms with Crippen molar-refractivity contribution in [1.82, 2.24) is 15.1 Å². The summed E-state index contributed by atoms with van der Waals surface area (Å²) in [5.74, 6) is -0.140. The van der Waals surface area contributed by atoms with Gasteiger partial charge in [-0.15, -0.1) is 0 Å². The number of aromatic nitrogens is 2. The largest absolute Gasteiger partial charge is 0.352 e. The number of amides is 1. The summed E-state index contributed by atoms with van der Waals surface area (Å²) in [6, 6.07) is 1.22. The minimum atomic E-state index is -0.551. The van der Waals surface area contributed by atoms with Crippen LogP contribution in [0.5, 0.6) is 0 Å². The number of carbonyl (C=O) groups excluding carboxylic acids is 1. The Bertz CT molecular complexity index is 467. The van der Waals surface area contributed by atoms with E-state index in [9.17, 15) is 9.59 Å². The molecule has 1 aromatic heterocycles. The zero-order chi connectivity index (χ0) is 11.7. The highest BCUT2D eigenvalue weighted by atomic mass is 127. The SMILES string of the molecule is CC(C(=O)NC1CC1)n1ncc(I)cc1=O. The van der Waals surface area contributed by atoms with Crippen molar-refractivity contribution in [2.75, 3.05) is 0 Å². The molecule has 16 heavy (non-hydrogen) atoms. The highest BCUT2D eigenvalue weighted by molar-refractivity contribution is 14.1. The van der Waals surface area contributed by atoms with Gasteiger partial charge in [-0.2, -0.15) is 5.10 Å². The second-order valence-electron chi connectivity index (χ2n) is 3.92. The number of halogens is 1. The van der Waals surface area contributed by atoms with E-state index < -0.39 is 6.04 Å². The van der Waals surface area contributed by atoms with Crippen LogP contribution in [-0.2, 0) is 4.79 Å². The van der Waals surface area contributed by atoms with E-state index in [2.05, 4.69) is 10.4 Å². The first-order chi connectivity index (χ1) is 7.58. The van der Waals surface area contributed by atoms with Gasteiger partial charge in [0, 0.05) is 15.7 Å². The highest BCUT2D eigenvalue weighted by Gasteiger charge is 2.26. The number of nitrogens with zero attached hydrogens (tertiary/aromatic N) is 2. The molecule has 1 N–H and O–H groups in total. The van der Waals surface area contributed by atoms with Crippen molar-refractivity contribution in [3.05, 3.63) is 26.2 Å². The molecule has 6 heteroatoms. The fourth-order valence-electron chi connectivity index (χ4n) is 1.35. The maximum atomic E-state index is 11.7. The van der Waals surface area contributed by atoms with E-state index in [0.29, 0.717) is 6.04 Å². The Morgan fingerprint density at radius 2 is 2.38 bits per heavy atom. The van der Waals surface area contributed by atoms with Gasteiger partial charge in [0.2, 0.25) is 5.91 Å². The van der Waals surface area contributed by atoms with Crippen molar-refractivity contribution in [2.24, 2.45) is 0 Å². The molecule has 5 nitrogen and oxygen atoms in total. The van der Waals surface area contributed by atoms with Gasteiger partial charge >= 0.3 is 0 Å². The third kappa shape index (κ3) is 2.60. The predicted octanol–water partition coefficient (Wildman–Crippen LogP) is 0.687. The van der Waals surface area contributed by atoms with Gasteiger partial charge in [0.1, 0.15) is 6.04 Å². The molecular formula is C10H12IN3O2. The zero-order valence-electron chi connectivity index (χ0n) is 8.81. The Balaban J connectivity index is 2.15. The first-order valence-corrected chi connectivity index (χ1v) is 6.20. The Labute approximate surface area is 106 Å². The number of rotatable bonds is 3. The summed E-state index contributed by atoms with van der Waals surface area (Å²) in [5.41, 5.74) is -0.245. The van der Waals surface area contributed by atoms with E-state index in [1.807, 2.05) is 22.6 Å². The second-order valence-corrected chi connectivity index (χ2v) is 5.16. The van der Waals surface area contributed by atoms with Gasteiger partial charge in [0.05, 0.1) is 6.20 Å². The normalized spacial score (nSPS) is 16.9. The van der Waals surface area contributed by atoms with Gasteiger partial charge in [-0.05, 0) is 42.4 Å². The van der Waals surface area contributed by atoms with Crippen LogP contribution in [0, 0.1) is 3.57 Å².